The number of nitrogens with one attached hydrogen (secondary N) is 3. The van der Waals surface area contributed by atoms with Crippen LogP contribution in [0.4, 0.5) is 31.1 Å². The molecule has 22 heteroatoms. The molecule has 4 aliphatic rings. The summed E-state index contributed by atoms with van der Waals surface area (Å²) in [6.07, 6.45) is -8.14. The van der Waals surface area contributed by atoms with Gasteiger partial charge in [0.25, 0.3) is 5.91 Å². The van der Waals surface area contributed by atoms with Gasteiger partial charge in [-0.15, -0.1) is 0 Å². The van der Waals surface area contributed by atoms with Crippen LogP contribution in [0.5, 0.6) is 11.6 Å². The number of alkyl carbamates (subject to hydrolysis) is 1. The molecule has 0 bridgehead atoms. The van der Waals surface area contributed by atoms with E-state index in [-0.39, 0.29) is 46.2 Å². The number of benzene rings is 1. The third-order valence-electron chi connectivity index (χ3n) is 12.3. The van der Waals surface area contributed by atoms with E-state index in [4.69, 9.17) is 14.2 Å². The van der Waals surface area contributed by atoms with Crippen LogP contribution in [-0.2, 0) is 35.3 Å². The van der Waals surface area contributed by atoms with Gasteiger partial charge in [-0.3, -0.25) is 19.1 Å². The predicted molar refractivity (Wildman–Crippen MR) is 215 cm³/mol. The number of methoxy groups -OCH3 is 1. The normalized spacial score (nSPS) is 28.6. The van der Waals surface area contributed by atoms with Crippen molar-refractivity contribution in [3.8, 4) is 11.6 Å². The molecule has 7 atom stereocenters. The lowest BCUT2D eigenvalue weighted by Crippen LogP contribution is -2.60. The van der Waals surface area contributed by atoms with E-state index < -0.39 is 117 Å². The number of fused-ring (bicyclic) bond motifs is 3. The Morgan fingerprint density at radius 3 is 2.37 bits per heavy atom. The Bertz CT molecular complexity index is 2250. The van der Waals surface area contributed by atoms with Gasteiger partial charge in [-0.25, -0.2) is 23.2 Å². The van der Waals surface area contributed by atoms with Crippen molar-refractivity contribution in [3.63, 3.8) is 0 Å². The van der Waals surface area contributed by atoms with E-state index in [1.165, 1.54) is 32.2 Å². The zero-order valence-electron chi connectivity index (χ0n) is 34.9. The van der Waals surface area contributed by atoms with E-state index in [9.17, 15) is 53.9 Å². The number of sulfonamides is 1. The first kappa shape index (κ1) is 46.6. The zero-order valence-corrected chi connectivity index (χ0v) is 35.7. The summed E-state index contributed by atoms with van der Waals surface area (Å²) in [5, 5.41) is 4.94. The molecule has 0 unspecified atom stereocenters. The Labute approximate surface area is 358 Å². The summed E-state index contributed by atoms with van der Waals surface area (Å²) < 4.78 is 128. The maximum absolute atomic E-state index is 14.9. The Morgan fingerprint density at radius 2 is 1.76 bits per heavy atom. The van der Waals surface area contributed by atoms with E-state index in [1.807, 2.05) is 6.92 Å². The Hall–Kier alpha value is -4.89. The number of halogens is 6. The van der Waals surface area contributed by atoms with Crippen LogP contribution in [0.25, 0.3) is 11.0 Å². The maximum atomic E-state index is 14.9. The molecule has 6 rings (SSSR count). The largest absolute Gasteiger partial charge is 0.497 e. The third-order valence-corrected chi connectivity index (χ3v) is 14.5. The van der Waals surface area contributed by atoms with Crippen LogP contribution >= 0.6 is 0 Å². The summed E-state index contributed by atoms with van der Waals surface area (Å²) in [7, 11) is -2.85. The van der Waals surface area contributed by atoms with Gasteiger partial charge in [0.15, 0.2) is 0 Å². The number of allylic oxidation sites excluding steroid dienone is 1. The van der Waals surface area contributed by atoms with Gasteiger partial charge in [0.1, 0.15) is 29.5 Å². The molecule has 1 saturated heterocycles. The molecule has 15 nitrogen and oxygen atoms in total. The summed E-state index contributed by atoms with van der Waals surface area (Å²) in [4.78, 5) is 65.3. The SMILES string of the molecule is CC[C@@H]1C[C@H](C)CC/C=C\[C@@H]2C[C@@]2(C(=O)NS(=O)(=O)C2(C)CC2)NC(=O)[C@@H]2C[C@@H](Oc3nc4cc(OC)ccc4nc3C(F)(F)F)CN2C(=O)[C@H]1NC(=O)OC(C)(C)C(F)(F)F.[HH].[HH].[HH]. The van der Waals surface area contributed by atoms with E-state index >= 15 is 0 Å². The topological polar surface area (TPSA) is 195 Å². The molecule has 0 spiro atoms. The van der Waals surface area contributed by atoms with E-state index in [1.54, 1.807) is 19.1 Å². The quantitative estimate of drug-likeness (QED) is 0.185. The predicted octanol–water partition coefficient (Wildman–Crippen LogP) is 6.46. The molecule has 0 radical (unpaired) electrons. The lowest BCUT2D eigenvalue weighted by molar-refractivity contribution is -0.244. The fourth-order valence-electron chi connectivity index (χ4n) is 7.83. The van der Waals surface area contributed by atoms with E-state index in [0.29, 0.717) is 39.5 Å². The highest BCUT2D eigenvalue weighted by molar-refractivity contribution is 7.91. The summed E-state index contributed by atoms with van der Waals surface area (Å²) in [6.45, 7) is 5.66. The second-order valence-electron chi connectivity index (χ2n) is 17.4. The molecule has 2 saturated carbocycles. The van der Waals surface area contributed by atoms with Crippen molar-refractivity contribution in [2.75, 3.05) is 13.7 Å². The van der Waals surface area contributed by atoms with Crippen LogP contribution in [0.1, 0.15) is 96.0 Å². The number of aromatic nitrogens is 2. The third kappa shape index (κ3) is 9.53. The second kappa shape index (κ2) is 16.7. The molecule has 3 heterocycles. The Kier molecular flexibility index (Phi) is 12.5. The lowest BCUT2D eigenvalue weighted by Gasteiger charge is -2.35. The number of ether oxygens (including phenoxy) is 3. The van der Waals surface area contributed by atoms with Gasteiger partial charge in [-0.1, -0.05) is 32.4 Å². The van der Waals surface area contributed by atoms with Crippen LogP contribution in [0.3, 0.4) is 0 Å². The standard InChI is InChI=1S/C40H50F6N6O9S.3H2/c1-7-22-16-21(2)10-8-9-11-23-19-38(23,34(55)51-62(57,58)37(5)14-15-37)50-31(53)28-18-25(20-52(28)33(54)29(22)49-35(56)61-36(3,4)40(44,45)46)60-32-30(39(41,42)43)47-26-13-12-24(59-6)17-27(26)48-32;;;/h9,11-13,17,21-23,25,28-29H,7-8,10,14-16,18-20H2,1-6H3,(H,49,56)(H,50,53)(H,51,55);3*1H/b11-9-;;;/t21-,22-,23-,25-,28+,29+,38-;;;/m1.../s1. The molecule has 4 amide bonds. The number of amides is 4. The van der Waals surface area contributed by atoms with Crippen LogP contribution in [0, 0.1) is 17.8 Å². The van der Waals surface area contributed by atoms with Gasteiger partial charge in [0, 0.05) is 22.7 Å². The average molecular weight is 911 g/mol. The molecule has 2 aliphatic carbocycles. The molecule has 2 aliphatic heterocycles. The monoisotopic (exact) mass is 910 g/mol. The number of carbonyl (C=O) groups is 4. The van der Waals surface area contributed by atoms with Crippen LogP contribution in [-0.4, -0.2) is 101 Å². The van der Waals surface area contributed by atoms with Crippen LogP contribution in [0.2, 0.25) is 0 Å². The first-order valence-electron chi connectivity index (χ1n) is 20.3. The molecule has 1 aromatic carbocycles. The van der Waals surface area contributed by atoms with E-state index in [2.05, 4.69) is 25.3 Å². The van der Waals surface area contributed by atoms with Gasteiger partial charge in [0.05, 0.1) is 29.4 Å². The second-order valence-corrected chi connectivity index (χ2v) is 19.6. The molecule has 3 fully saturated rings. The number of carbonyl (C=O) groups excluding carboxylic acids is 4. The highest BCUT2D eigenvalue weighted by Crippen LogP contribution is 2.48. The minimum atomic E-state index is -5.09. The number of hydrogen-bond acceptors (Lipinski definition) is 11. The zero-order chi connectivity index (χ0) is 45.8. The summed E-state index contributed by atoms with van der Waals surface area (Å²) >= 11 is 0. The minimum Gasteiger partial charge on any atom is -0.497 e. The molecule has 1 aromatic heterocycles. The number of alkyl halides is 6. The van der Waals surface area contributed by atoms with Crippen molar-refractivity contribution >= 4 is 44.9 Å². The highest BCUT2D eigenvalue weighted by atomic mass is 32.2. The fraction of sp³-hybridized carbons (Fsp3) is 0.650. The highest BCUT2D eigenvalue weighted by Gasteiger charge is 2.63. The minimum absolute atomic E-state index is 0. The number of hydrogen-bond donors (Lipinski definition) is 3. The number of rotatable bonds is 9. The molecule has 62 heavy (non-hydrogen) atoms. The average Bonchev–Trinajstić information content (AvgIpc) is 4.06. The molecular weight excluding hydrogens is 855 g/mol. The Morgan fingerprint density at radius 1 is 1.06 bits per heavy atom. The molecule has 3 N–H and O–H groups in total. The maximum Gasteiger partial charge on any atom is 0.438 e. The van der Waals surface area contributed by atoms with E-state index in [0.717, 1.165) is 4.90 Å². The smallest absolute Gasteiger partial charge is 0.438 e. The summed E-state index contributed by atoms with van der Waals surface area (Å²) in [5.74, 6) is -5.36. The van der Waals surface area contributed by atoms with Crippen molar-refractivity contribution in [2.24, 2.45) is 17.8 Å². The lowest BCUT2D eigenvalue weighted by atomic mass is 9.85. The van der Waals surface area contributed by atoms with Crippen molar-refractivity contribution in [2.45, 2.75) is 132 Å². The van der Waals surface area contributed by atoms with Crippen molar-refractivity contribution in [1.29, 1.82) is 0 Å². The first-order chi connectivity index (χ1) is 28.7. The fourth-order valence-corrected chi connectivity index (χ4v) is 9.14. The van der Waals surface area contributed by atoms with Gasteiger partial charge < -0.3 is 29.7 Å². The van der Waals surface area contributed by atoms with Gasteiger partial charge in [-0.2, -0.15) is 26.3 Å². The molecule has 348 valence electrons. The first-order valence-corrected chi connectivity index (χ1v) is 21.7. The summed E-state index contributed by atoms with van der Waals surface area (Å²) in [6, 6.07) is 0.712. The summed E-state index contributed by atoms with van der Waals surface area (Å²) in [5.41, 5.74) is -6.51. The number of nitrogens with zero attached hydrogens (tertiary/aromatic N) is 3. The Balaban J connectivity index is 0.00000374. The van der Waals surface area contributed by atoms with Crippen LogP contribution in [0.15, 0.2) is 30.4 Å². The van der Waals surface area contributed by atoms with Crippen molar-refractivity contribution in [3.05, 3.63) is 36.0 Å². The van der Waals surface area contributed by atoms with Gasteiger partial charge >= 0.3 is 18.4 Å². The molecular formula is C40H56F6N6O9S. The van der Waals surface area contributed by atoms with Crippen LogP contribution < -0.4 is 24.8 Å². The van der Waals surface area contributed by atoms with Crippen molar-refractivity contribution in [1.82, 2.24) is 30.2 Å². The van der Waals surface area contributed by atoms with Gasteiger partial charge in [-0.05, 0) is 83.3 Å². The van der Waals surface area contributed by atoms with Crippen molar-refractivity contribution < 1.29 is 72.4 Å². The van der Waals surface area contributed by atoms with Gasteiger partial charge in [0.2, 0.25) is 39.0 Å². The molecule has 2 aromatic rings.